The molecule has 2 N–H and O–H groups in total. The largest absolute Gasteiger partial charge is 0.504 e. The van der Waals surface area contributed by atoms with E-state index in [1.54, 1.807) is 6.20 Å². The van der Waals surface area contributed by atoms with Gasteiger partial charge < -0.3 is 10.2 Å². The van der Waals surface area contributed by atoms with Gasteiger partial charge in [0.25, 0.3) is 0 Å². The van der Waals surface area contributed by atoms with Crippen LogP contribution in [0.2, 0.25) is 0 Å². The van der Waals surface area contributed by atoms with E-state index in [4.69, 9.17) is 0 Å². The Hall–Kier alpha value is -2.25. The van der Waals surface area contributed by atoms with Crippen LogP contribution in [0.25, 0.3) is 5.69 Å². The minimum absolute atomic E-state index is 0.152. The second-order valence-corrected chi connectivity index (χ2v) is 6.83. The number of benzene rings is 2. The van der Waals surface area contributed by atoms with Gasteiger partial charge in [-0.2, -0.15) is 0 Å². The molecule has 0 spiro atoms. The molecule has 0 aliphatic rings. The highest BCUT2D eigenvalue weighted by Gasteiger charge is 2.12. The van der Waals surface area contributed by atoms with Crippen LogP contribution in [0.15, 0.2) is 64.5 Å². The molecule has 0 aliphatic carbocycles. The summed E-state index contributed by atoms with van der Waals surface area (Å²) in [5.41, 5.74) is 1.30. The van der Waals surface area contributed by atoms with Crippen molar-refractivity contribution >= 4 is 33.5 Å². The highest BCUT2D eigenvalue weighted by molar-refractivity contribution is 9.10. The van der Waals surface area contributed by atoms with E-state index in [9.17, 15) is 15.0 Å². The summed E-state index contributed by atoms with van der Waals surface area (Å²) in [5, 5.41) is 19.5. The first kappa shape index (κ1) is 16.6. The number of hydrogen-bond acceptors (Lipinski definition) is 5. The highest BCUT2D eigenvalue weighted by atomic mass is 79.9. The maximum absolute atomic E-state index is 12.2. The molecule has 0 amide bonds. The van der Waals surface area contributed by atoms with Gasteiger partial charge >= 0.3 is 0 Å². The summed E-state index contributed by atoms with van der Waals surface area (Å²) in [4.78, 5) is 16.5. The second kappa shape index (κ2) is 7.11. The molecule has 1 heterocycles. The van der Waals surface area contributed by atoms with Crippen molar-refractivity contribution in [3.05, 3.63) is 64.9 Å². The van der Waals surface area contributed by atoms with E-state index < -0.39 is 0 Å². The van der Waals surface area contributed by atoms with Gasteiger partial charge in [0.05, 0.1) is 5.75 Å². The Morgan fingerprint density at radius 3 is 2.58 bits per heavy atom. The Labute approximate surface area is 151 Å². The van der Waals surface area contributed by atoms with Crippen LogP contribution in [0.5, 0.6) is 11.5 Å². The van der Waals surface area contributed by atoms with Crippen molar-refractivity contribution < 1.29 is 15.0 Å². The fourth-order valence-electron chi connectivity index (χ4n) is 2.11. The zero-order valence-corrected chi connectivity index (χ0v) is 14.8. The lowest BCUT2D eigenvalue weighted by atomic mass is 10.1. The molecule has 5 nitrogen and oxygen atoms in total. The van der Waals surface area contributed by atoms with E-state index in [0.717, 1.165) is 10.2 Å². The lowest BCUT2D eigenvalue weighted by Crippen LogP contribution is -2.04. The standard InChI is InChI=1S/C17H13BrN2O3S/c18-12-2-4-13(5-3-12)20-8-7-19-17(20)24-10-16(23)11-1-6-14(21)15(22)9-11/h1-9,21-22H,10H2. The lowest BCUT2D eigenvalue weighted by molar-refractivity contribution is 0.102. The van der Waals surface area contributed by atoms with E-state index in [1.807, 2.05) is 35.0 Å². The molecule has 0 bridgehead atoms. The smallest absolute Gasteiger partial charge is 0.173 e. The summed E-state index contributed by atoms with van der Waals surface area (Å²) in [5.74, 6) is -0.523. The Bertz CT molecular complexity index is 878. The highest BCUT2D eigenvalue weighted by Crippen LogP contribution is 2.27. The van der Waals surface area contributed by atoms with Gasteiger partial charge in [-0.3, -0.25) is 9.36 Å². The van der Waals surface area contributed by atoms with Crippen molar-refractivity contribution in [1.82, 2.24) is 9.55 Å². The van der Waals surface area contributed by atoms with Gasteiger partial charge in [-0.25, -0.2) is 4.98 Å². The number of phenols is 2. The summed E-state index contributed by atoms with van der Waals surface area (Å²) in [6.07, 6.45) is 3.52. The average Bonchev–Trinajstić information content (AvgIpc) is 3.04. The minimum atomic E-state index is -0.304. The van der Waals surface area contributed by atoms with Crippen molar-refractivity contribution in [2.45, 2.75) is 5.16 Å². The number of ketones is 1. The fraction of sp³-hybridized carbons (Fsp3) is 0.0588. The Morgan fingerprint density at radius 1 is 1.12 bits per heavy atom. The zero-order chi connectivity index (χ0) is 17.1. The average molecular weight is 405 g/mol. The normalized spacial score (nSPS) is 10.7. The molecule has 7 heteroatoms. The van der Waals surface area contributed by atoms with Gasteiger partial charge in [-0.05, 0) is 42.5 Å². The Morgan fingerprint density at radius 2 is 1.88 bits per heavy atom. The molecule has 24 heavy (non-hydrogen) atoms. The molecule has 2 aromatic carbocycles. The lowest BCUT2D eigenvalue weighted by Gasteiger charge is -2.07. The maximum Gasteiger partial charge on any atom is 0.173 e. The summed E-state index contributed by atoms with van der Waals surface area (Å²) in [7, 11) is 0. The SMILES string of the molecule is O=C(CSc1nccn1-c1ccc(Br)cc1)c1ccc(O)c(O)c1. The third kappa shape index (κ3) is 3.63. The molecule has 0 aliphatic heterocycles. The first-order valence-electron chi connectivity index (χ1n) is 7.02. The number of thioether (sulfide) groups is 1. The number of carbonyl (C=O) groups excluding carboxylic acids is 1. The first-order valence-corrected chi connectivity index (χ1v) is 8.80. The van der Waals surface area contributed by atoms with E-state index in [1.165, 1.54) is 30.0 Å². The summed E-state index contributed by atoms with van der Waals surface area (Å²) in [6.45, 7) is 0. The number of imidazole rings is 1. The number of aromatic nitrogens is 2. The summed E-state index contributed by atoms with van der Waals surface area (Å²) in [6, 6.07) is 11.8. The predicted molar refractivity (Wildman–Crippen MR) is 96.1 cm³/mol. The van der Waals surface area contributed by atoms with E-state index in [-0.39, 0.29) is 23.0 Å². The number of halogens is 1. The van der Waals surface area contributed by atoms with Crippen molar-refractivity contribution in [3.8, 4) is 17.2 Å². The molecule has 122 valence electrons. The number of aromatic hydroxyl groups is 2. The molecule has 0 unspecified atom stereocenters. The van der Waals surface area contributed by atoms with Crippen molar-refractivity contribution in [2.24, 2.45) is 0 Å². The van der Waals surface area contributed by atoms with Crippen LogP contribution in [0.1, 0.15) is 10.4 Å². The number of nitrogens with zero attached hydrogens (tertiary/aromatic N) is 2. The van der Waals surface area contributed by atoms with Gasteiger partial charge in [0, 0.05) is 28.1 Å². The maximum atomic E-state index is 12.2. The molecule has 3 aromatic rings. The zero-order valence-electron chi connectivity index (χ0n) is 12.4. The van der Waals surface area contributed by atoms with Crippen molar-refractivity contribution in [3.63, 3.8) is 0 Å². The molecule has 3 rings (SSSR count). The molecule has 1 aromatic heterocycles. The number of rotatable bonds is 5. The number of Topliss-reactive ketones (excluding diaryl/α,β-unsaturated/α-hetero) is 1. The molecule has 0 saturated carbocycles. The van der Waals surface area contributed by atoms with Crippen LogP contribution in [-0.4, -0.2) is 31.3 Å². The summed E-state index contributed by atoms with van der Waals surface area (Å²) >= 11 is 4.71. The van der Waals surface area contributed by atoms with Crippen molar-refractivity contribution in [2.75, 3.05) is 5.75 Å². The minimum Gasteiger partial charge on any atom is -0.504 e. The number of phenolic OH excluding ortho intramolecular Hbond substituents is 2. The van der Waals surface area contributed by atoms with E-state index in [0.29, 0.717) is 10.7 Å². The predicted octanol–water partition coefficient (Wildman–Crippen LogP) is 4.02. The van der Waals surface area contributed by atoms with Crippen LogP contribution in [0.3, 0.4) is 0 Å². The van der Waals surface area contributed by atoms with Crippen LogP contribution < -0.4 is 0 Å². The topological polar surface area (TPSA) is 75.4 Å². The second-order valence-electron chi connectivity index (χ2n) is 4.97. The quantitative estimate of drug-likeness (QED) is 0.381. The number of carbonyl (C=O) groups is 1. The third-order valence-electron chi connectivity index (χ3n) is 3.34. The van der Waals surface area contributed by atoms with Gasteiger partial charge in [-0.1, -0.05) is 27.7 Å². The number of hydrogen-bond donors (Lipinski definition) is 2. The van der Waals surface area contributed by atoms with Crippen LogP contribution >= 0.6 is 27.7 Å². The Balaban J connectivity index is 1.73. The van der Waals surface area contributed by atoms with Gasteiger partial charge in [0.2, 0.25) is 0 Å². The van der Waals surface area contributed by atoms with Gasteiger partial charge in [0.1, 0.15) is 0 Å². The van der Waals surface area contributed by atoms with E-state index >= 15 is 0 Å². The monoisotopic (exact) mass is 404 g/mol. The van der Waals surface area contributed by atoms with E-state index in [2.05, 4.69) is 20.9 Å². The van der Waals surface area contributed by atoms with Gasteiger partial charge in [-0.15, -0.1) is 0 Å². The summed E-state index contributed by atoms with van der Waals surface area (Å²) < 4.78 is 2.89. The van der Waals surface area contributed by atoms with Crippen molar-refractivity contribution in [1.29, 1.82) is 0 Å². The fourth-order valence-corrected chi connectivity index (χ4v) is 3.24. The molecule has 0 fully saturated rings. The van der Waals surface area contributed by atoms with Crippen LogP contribution in [-0.2, 0) is 0 Å². The van der Waals surface area contributed by atoms with Gasteiger partial charge in [0.15, 0.2) is 22.4 Å². The molecular formula is C17H13BrN2O3S. The molecule has 0 atom stereocenters. The molecule has 0 radical (unpaired) electrons. The Kier molecular flexibility index (Phi) is 4.92. The molecule has 0 saturated heterocycles. The first-order chi connectivity index (χ1) is 11.5. The molecular weight excluding hydrogens is 392 g/mol. The van der Waals surface area contributed by atoms with Crippen LogP contribution in [0, 0.1) is 0 Å². The van der Waals surface area contributed by atoms with Crippen LogP contribution in [0.4, 0.5) is 0 Å². The third-order valence-corrected chi connectivity index (χ3v) is 4.84.